The first-order valence-electron chi connectivity index (χ1n) is 9.34. The van der Waals surface area contributed by atoms with E-state index in [4.69, 9.17) is 10.5 Å². The molecule has 30 heavy (non-hydrogen) atoms. The number of aromatic nitrogens is 1. The van der Waals surface area contributed by atoms with Crippen molar-refractivity contribution in [1.29, 1.82) is 0 Å². The SMILES string of the molecule is CC(Oc1cccc2c1c1c(C(N)=O)cccc1n2Cc1cccc(F)c1)C(=O)O. The number of amides is 1. The Morgan fingerprint density at radius 2 is 1.73 bits per heavy atom. The van der Waals surface area contributed by atoms with Crippen LogP contribution in [-0.2, 0) is 11.3 Å². The third-order valence-electron chi connectivity index (χ3n) is 5.02. The zero-order valence-corrected chi connectivity index (χ0v) is 16.1. The van der Waals surface area contributed by atoms with Crippen LogP contribution in [0, 0.1) is 5.82 Å². The summed E-state index contributed by atoms with van der Waals surface area (Å²) in [6.07, 6.45) is -1.09. The van der Waals surface area contributed by atoms with E-state index in [1.165, 1.54) is 19.1 Å². The minimum absolute atomic E-state index is 0.300. The lowest BCUT2D eigenvalue weighted by molar-refractivity contribution is -0.144. The highest BCUT2D eigenvalue weighted by Gasteiger charge is 2.22. The molecule has 4 aromatic rings. The molecule has 6 nitrogen and oxygen atoms in total. The van der Waals surface area contributed by atoms with Gasteiger partial charge in [-0.3, -0.25) is 4.79 Å². The number of halogens is 1. The van der Waals surface area contributed by atoms with Crippen LogP contribution in [0.5, 0.6) is 5.75 Å². The molecule has 0 aliphatic heterocycles. The number of nitrogens with two attached hydrogens (primary N) is 1. The summed E-state index contributed by atoms with van der Waals surface area (Å²) in [6, 6.07) is 16.7. The van der Waals surface area contributed by atoms with Crippen LogP contribution in [-0.4, -0.2) is 27.7 Å². The van der Waals surface area contributed by atoms with Crippen LogP contribution in [0.1, 0.15) is 22.8 Å². The number of primary amides is 1. The minimum Gasteiger partial charge on any atom is -0.479 e. The van der Waals surface area contributed by atoms with E-state index in [9.17, 15) is 19.1 Å². The Hall–Kier alpha value is -3.87. The molecule has 1 unspecified atom stereocenters. The van der Waals surface area contributed by atoms with Crippen LogP contribution in [0.25, 0.3) is 21.8 Å². The molecule has 0 bridgehead atoms. The van der Waals surface area contributed by atoms with Gasteiger partial charge in [0.05, 0.1) is 16.4 Å². The van der Waals surface area contributed by atoms with Gasteiger partial charge >= 0.3 is 5.97 Å². The molecule has 1 amide bonds. The van der Waals surface area contributed by atoms with Gasteiger partial charge in [0.25, 0.3) is 0 Å². The molecule has 0 radical (unpaired) electrons. The van der Waals surface area contributed by atoms with Crippen molar-refractivity contribution in [1.82, 2.24) is 4.57 Å². The quantitative estimate of drug-likeness (QED) is 0.507. The van der Waals surface area contributed by atoms with Crippen molar-refractivity contribution in [2.45, 2.75) is 19.6 Å². The van der Waals surface area contributed by atoms with Crippen molar-refractivity contribution in [2.24, 2.45) is 5.73 Å². The van der Waals surface area contributed by atoms with Gasteiger partial charge in [0, 0.05) is 17.5 Å². The Bertz CT molecular complexity index is 1300. The van der Waals surface area contributed by atoms with E-state index >= 15 is 0 Å². The Labute approximate surface area is 171 Å². The number of nitrogens with zero attached hydrogens (tertiary/aromatic N) is 1. The van der Waals surface area contributed by atoms with Gasteiger partial charge in [0.1, 0.15) is 11.6 Å². The summed E-state index contributed by atoms with van der Waals surface area (Å²) in [6.45, 7) is 1.78. The van der Waals surface area contributed by atoms with E-state index in [0.29, 0.717) is 34.1 Å². The highest BCUT2D eigenvalue weighted by Crippen LogP contribution is 2.38. The maximum atomic E-state index is 13.7. The van der Waals surface area contributed by atoms with Crippen molar-refractivity contribution in [3.63, 3.8) is 0 Å². The Morgan fingerprint density at radius 1 is 1.07 bits per heavy atom. The monoisotopic (exact) mass is 406 g/mol. The van der Waals surface area contributed by atoms with E-state index in [-0.39, 0.29) is 5.82 Å². The summed E-state index contributed by atoms with van der Waals surface area (Å²) in [5.74, 6) is -1.72. The second-order valence-electron chi connectivity index (χ2n) is 7.03. The Balaban J connectivity index is 2.03. The summed E-state index contributed by atoms with van der Waals surface area (Å²) < 4.78 is 21.4. The van der Waals surface area contributed by atoms with E-state index < -0.39 is 18.0 Å². The fourth-order valence-corrected chi connectivity index (χ4v) is 3.69. The Morgan fingerprint density at radius 3 is 2.40 bits per heavy atom. The van der Waals surface area contributed by atoms with Gasteiger partial charge in [-0.2, -0.15) is 0 Å². The second-order valence-corrected chi connectivity index (χ2v) is 7.03. The number of rotatable bonds is 6. The number of carboxylic acids is 1. The van der Waals surface area contributed by atoms with E-state index in [1.807, 2.05) is 22.8 Å². The van der Waals surface area contributed by atoms with Gasteiger partial charge in [0.2, 0.25) is 5.91 Å². The average Bonchev–Trinajstić information content (AvgIpc) is 3.02. The highest BCUT2D eigenvalue weighted by molar-refractivity contribution is 6.19. The Kier molecular flexibility index (Phi) is 4.87. The molecule has 1 heterocycles. The molecule has 3 aromatic carbocycles. The number of carbonyl (C=O) groups is 2. The van der Waals surface area contributed by atoms with E-state index in [1.54, 1.807) is 30.3 Å². The van der Waals surface area contributed by atoms with Crippen molar-refractivity contribution in [2.75, 3.05) is 0 Å². The van der Waals surface area contributed by atoms with E-state index in [2.05, 4.69) is 0 Å². The summed E-state index contributed by atoms with van der Waals surface area (Å²) in [7, 11) is 0. The average molecular weight is 406 g/mol. The standard InChI is InChI=1S/C23H19FN2O4/c1-13(23(28)29)30-19-10-4-9-18-21(19)20-16(22(25)27)7-3-8-17(20)26(18)12-14-5-2-6-15(24)11-14/h2-11,13H,12H2,1H3,(H2,25,27)(H,28,29). The smallest absolute Gasteiger partial charge is 0.344 e. The van der Waals surface area contributed by atoms with Crippen LogP contribution in [0.4, 0.5) is 4.39 Å². The fraction of sp³-hybridized carbons (Fsp3) is 0.130. The van der Waals surface area contributed by atoms with Crippen LogP contribution >= 0.6 is 0 Å². The molecule has 0 aliphatic rings. The molecule has 0 saturated heterocycles. The number of benzene rings is 3. The lowest BCUT2D eigenvalue weighted by Crippen LogP contribution is -2.23. The molecule has 3 N–H and O–H groups in total. The molecule has 0 saturated carbocycles. The normalized spacial score (nSPS) is 12.2. The molecule has 0 aliphatic carbocycles. The molecule has 0 spiro atoms. The molecular formula is C23H19FN2O4. The molecular weight excluding hydrogens is 387 g/mol. The first-order chi connectivity index (χ1) is 14.4. The molecule has 152 valence electrons. The van der Waals surface area contributed by atoms with Crippen molar-refractivity contribution >= 4 is 33.7 Å². The number of hydrogen-bond donors (Lipinski definition) is 2. The topological polar surface area (TPSA) is 94.5 Å². The summed E-state index contributed by atoms with van der Waals surface area (Å²) in [4.78, 5) is 23.5. The van der Waals surface area contributed by atoms with Gasteiger partial charge < -0.3 is 20.1 Å². The van der Waals surface area contributed by atoms with Crippen LogP contribution in [0.15, 0.2) is 60.7 Å². The number of hydrogen-bond acceptors (Lipinski definition) is 3. The summed E-state index contributed by atoms with van der Waals surface area (Å²) >= 11 is 0. The largest absolute Gasteiger partial charge is 0.479 e. The lowest BCUT2D eigenvalue weighted by atomic mass is 10.1. The molecule has 0 fully saturated rings. The van der Waals surface area contributed by atoms with Gasteiger partial charge in [-0.1, -0.05) is 24.3 Å². The van der Waals surface area contributed by atoms with Crippen molar-refractivity contribution < 1.29 is 23.8 Å². The zero-order chi connectivity index (χ0) is 21.4. The number of carboxylic acid groups (broad SMARTS) is 1. The first-order valence-corrected chi connectivity index (χ1v) is 9.34. The third kappa shape index (κ3) is 3.34. The molecule has 4 rings (SSSR count). The predicted octanol–water partition coefficient (Wildman–Crippen LogP) is 3.93. The van der Waals surface area contributed by atoms with Gasteiger partial charge in [0.15, 0.2) is 6.10 Å². The molecule has 7 heteroatoms. The van der Waals surface area contributed by atoms with E-state index in [0.717, 1.165) is 11.1 Å². The maximum Gasteiger partial charge on any atom is 0.344 e. The first kappa shape index (κ1) is 19.4. The molecule has 1 atom stereocenters. The van der Waals surface area contributed by atoms with Crippen molar-refractivity contribution in [3.8, 4) is 5.75 Å². The number of ether oxygens (including phenoxy) is 1. The predicted molar refractivity (Wildman–Crippen MR) is 111 cm³/mol. The van der Waals surface area contributed by atoms with Gasteiger partial charge in [-0.05, 0) is 48.9 Å². The highest BCUT2D eigenvalue weighted by atomic mass is 19.1. The number of aliphatic carboxylic acids is 1. The summed E-state index contributed by atoms with van der Waals surface area (Å²) in [5.41, 5.74) is 8.09. The maximum absolute atomic E-state index is 13.7. The van der Waals surface area contributed by atoms with Crippen LogP contribution < -0.4 is 10.5 Å². The lowest BCUT2D eigenvalue weighted by Gasteiger charge is -2.12. The molecule has 1 aromatic heterocycles. The van der Waals surface area contributed by atoms with Crippen LogP contribution in [0.3, 0.4) is 0 Å². The van der Waals surface area contributed by atoms with Gasteiger partial charge in [-0.15, -0.1) is 0 Å². The van der Waals surface area contributed by atoms with Crippen molar-refractivity contribution in [3.05, 3.63) is 77.6 Å². The van der Waals surface area contributed by atoms with Gasteiger partial charge in [-0.25, -0.2) is 9.18 Å². The fourth-order valence-electron chi connectivity index (χ4n) is 3.69. The number of fused-ring (bicyclic) bond motifs is 3. The number of carbonyl (C=O) groups excluding carboxylic acids is 1. The minimum atomic E-state index is -1.11. The third-order valence-corrected chi connectivity index (χ3v) is 5.02. The zero-order valence-electron chi connectivity index (χ0n) is 16.1. The van der Waals surface area contributed by atoms with Crippen LogP contribution in [0.2, 0.25) is 0 Å². The summed E-state index contributed by atoms with van der Waals surface area (Å²) in [5, 5.41) is 10.4. The second kappa shape index (κ2) is 7.51.